The van der Waals surface area contributed by atoms with E-state index in [4.69, 9.17) is 0 Å². The second-order valence-corrected chi connectivity index (χ2v) is 13.5. The lowest BCUT2D eigenvalue weighted by molar-refractivity contribution is 1.23. The largest absolute Gasteiger partial charge is 0.309 e. The van der Waals surface area contributed by atoms with E-state index in [-0.39, 0.29) is 0 Å². The van der Waals surface area contributed by atoms with Crippen LogP contribution in [0, 0.1) is 0 Å². The molecule has 1 aromatic heterocycles. The summed E-state index contributed by atoms with van der Waals surface area (Å²) < 4.78 is 0. The number of aromatic nitrogens is 1. The molecule has 8 aromatic carbocycles. The molecule has 0 spiro atoms. The summed E-state index contributed by atoms with van der Waals surface area (Å²) >= 11 is 0. The molecule has 2 nitrogen and oxygen atoms in total. The average Bonchev–Trinajstić information content (AvgIpc) is 3.71. The number of fused-ring (bicyclic) bond motifs is 6. The van der Waals surface area contributed by atoms with Crippen LogP contribution in [0.25, 0.3) is 88.3 Å². The van der Waals surface area contributed by atoms with E-state index in [1.54, 1.807) is 0 Å². The number of hydrogen-bond donors (Lipinski definition) is 0. The van der Waals surface area contributed by atoms with Gasteiger partial charge in [0.2, 0.25) is 0 Å². The molecule has 236 valence electrons. The maximum Gasteiger partial charge on any atom is 0.0644 e. The minimum Gasteiger partial charge on any atom is -0.309 e. The monoisotopic (exact) mass is 646 g/mol. The van der Waals surface area contributed by atoms with Crippen LogP contribution in [0.5, 0.6) is 0 Å². The van der Waals surface area contributed by atoms with Crippen molar-refractivity contribution in [2.24, 2.45) is 0 Å². The van der Waals surface area contributed by atoms with Crippen molar-refractivity contribution in [3.63, 3.8) is 0 Å². The highest BCUT2D eigenvalue weighted by molar-refractivity contribution is 6.20. The minimum absolute atomic E-state index is 1.02. The Kier molecular flexibility index (Phi) is 5.99. The fourth-order valence-electron chi connectivity index (χ4n) is 8.63. The number of nitrogens with zero attached hydrogens (tertiary/aromatic N) is 2. The van der Waals surface area contributed by atoms with Crippen LogP contribution in [-0.2, 0) is 0 Å². The van der Waals surface area contributed by atoms with E-state index in [0.29, 0.717) is 0 Å². The lowest BCUT2D eigenvalue weighted by atomic mass is 9.94. The first kappa shape index (κ1) is 28.1. The highest BCUT2D eigenvalue weighted by Gasteiger charge is 2.24. The van der Waals surface area contributed by atoms with Crippen LogP contribution in [0.1, 0.15) is 0 Å². The third kappa shape index (κ3) is 4.14. The van der Waals surface area contributed by atoms with E-state index in [2.05, 4.69) is 174 Å². The van der Waals surface area contributed by atoms with Crippen molar-refractivity contribution in [1.82, 2.24) is 4.98 Å². The van der Waals surface area contributed by atoms with E-state index in [1.165, 1.54) is 88.3 Å². The lowest BCUT2D eigenvalue weighted by Gasteiger charge is -2.25. The third-order valence-corrected chi connectivity index (χ3v) is 10.9. The van der Waals surface area contributed by atoms with Crippen molar-refractivity contribution in [2.45, 2.75) is 0 Å². The molecule has 2 heteroatoms. The number of benzene rings is 8. The molecular formula is C49H30N2. The van der Waals surface area contributed by atoms with E-state index in [1.807, 2.05) is 18.5 Å². The summed E-state index contributed by atoms with van der Waals surface area (Å²) in [7, 11) is 0. The molecule has 0 saturated heterocycles. The second kappa shape index (κ2) is 10.9. The predicted molar refractivity (Wildman–Crippen MR) is 214 cm³/mol. The molecule has 0 atom stereocenters. The summed E-state index contributed by atoms with van der Waals surface area (Å²) in [4.78, 5) is 6.78. The Bertz CT molecular complexity index is 2600. The van der Waals surface area contributed by atoms with Crippen LogP contribution in [0.15, 0.2) is 182 Å². The molecule has 51 heavy (non-hydrogen) atoms. The molecule has 9 aromatic rings. The summed E-state index contributed by atoms with van der Waals surface area (Å²) in [5, 5.41) is 5.28. The van der Waals surface area contributed by atoms with E-state index in [0.717, 1.165) is 17.1 Å². The Hall–Kier alpha value is -6.77. The zero-order valence-corrected chi connectivity index (χ0v) is 27.7. The Morgan fingerprint density at radius 1 is 0.294 bits per heavy atom. The van der Waals surface area contributed by atoms with Crippen molar-refractivity contribution in [1.29, 1.82) is 0 Å². The van der Waals surface area contributed by atoms with Crippen molar-refractivity contribution < 1.29 is 0 Å². The van der Waals surface area contributed by atoms with Gasteiger partial charge >= 0.3 is 0 Å². The lowest BCUT2D eigenvalue weighted by Crippen LogP contribution is -2.10. The molecule has 2 aliphatic rings. The van der Waals surface area contributed by atoms with Crippen LogP contribution >= 0.6 is 0 Å². The highest BCUT2D eigenvalue weighted by atomic mass is 15.1. The normalized spacial score (nSPS) is 11.9. The maximum atomic E-state index is 4.49. The summed E-state index contributed by atoms with van der Waals surface area (Å²) in [6.45, 7) is 0. The Morgan fingerprint density at radius 3 is 1.14 bits per heavy atom. The molecule has 0 amide bonds. The van der Waals surface area contributed by atoms with Gasteiger partial charge in [-0.25, -0.2) is 0 Å². The van der Waals surface area contributed by atoms with Crippen LogP contribution in [0.4, 0.5) is 17.1 Å². The quantitative estimate of drug-likeness (QED) is 0.185. The average molecular weight is 647 g/mol. The van der Waals surface area contributed by atoms with Crippen molar-refractivity contribution in [3.05, 3.63) is 182 Å². The van der Waals surface area contributed by atoms with Crippen LogP contribution in [0.3, 0.4) is 0 Å². The standard InChI is InChI=1S/C49H30N2/c1-3-11-40-38(9-1)44-15-5-13-42-36(25-27-46(40)48(42)44)31-17-21-33(22-18-31)51(35-8-7-29-50-30-35)34-23-19-32(20-24-34)37-26-28-47-41-12-4-2-10-39(41)45-16-6-14-43(37)49(45)47/h1-30H. The third-order valence-electron chi connectivity index (χ3n) is 10.9. The zero-order chi connectivity index (χ0) is 33.5. The first-order valence-corrected chi connectivity index (χ1v) is 17.5. The molecular weight excluding hydrogens is 617 g/mol. The molecule has 11 rings (SSSR count). The van der Waals surface area contributed by atoms with Crippen molar-refractivity contribution in [2.75, 3.05) is 4.90 Å². The van der Waals surface area contributed by atoms with Gasteiger partial charge in [-0.1, -0.05) is 133 Å². The first-order chi connectivity index (χ1) is 25.3. The van der Waals surface area contributed by atoms with Gasteiger partial charge in [-0.3, -0.25) is 4.98 Å². The molecule has 0 saturated carbocycles. The summed E-state index contributed by atoms with van der Waals surface area (Å²) in [6, 6.07) is 62.2. The SMILES string of the molecule is c1cncc(N(c2ccc(-c3ccc4c5c(cccc35)-c3ccccc3-4)cc2)c2ccc(-c3ccc4c5c(cccc35)-c3ccccc3-4)cc2)c1. The van der Waals surface area contributed by atoms with Crippen molar-refractivity contribution in [3.8, 4) is 66.8 Å². The van der Waals surface area contributed by atoms with E-state index >= 15 is 0 Å². The Labute approximate surface area is 296 Å². The number of pyridine rings is 1. The Balaban J connectivity index is 0.976. The van der Waals surface area contributed by atoms with E-state index in [9.17, 15) is 0 Å². The van der Waals surface area contributed by atoms with Gasteiger partial charge in [0.05, 0.1) is 11.9 Å². The predicted octanol–water partition coefficient (Wildman–Crippen LogP) is 13.5. The zero-order valence-electron chi connectivity index (χ0n) is 27.7. The van der Waals surface area contributed by atoms with Gasteiger partial charge in [0, 0.05) is 17.6 Å². The fraction of sp³-hybridized carbons (Fsp3) is 0. The fourth-order valence-corrected chi connectivity index (χ4v) is 8.63. The number of hydrogen-bond acceptors (Lipinski definition) is 2. The van der Waals surface area contributed by atoms with E-state index < -0.39 is 0 Å². The van der Waals surface area contributed by atoms with Gasteiger partial charge in [-0.2, -0.15) is 0 Å². The smallest absolute Gasteiger partial charge is 0.0644 e. The topological polar surface area (TPSA) is 16.1 Å². The minimum atomic E-state index is 1.02. The van der Waals surface area contributed by atoms with Crippen molar-refractivity contribution >= 4 is 38.6 Å². The van der Waals surface area contributed by atoms with Gasteiger partial charge in [0.1, 0.15) is 0 Å². The summed E-state index contributed by atoms with van der Waals surface area (Å²) in [5.74, 6) is 0. The number of rotatable bonds is 5. The van der Waals surface area contributed by atoms with Gasteiger partial charge in [0.15, 0.2) is 0 Å². The Morgan fingerprint density at radius 2 is 0.706 bits per heavy atom. The maximum absolute atomic E-state index is 4.49. The number of anilines is 3. The highest BCUT2D eigenvalue weighted by Crippen LogP contribution is 2.51. The summed E-state index contributed by atoms with van der Waals surface area (Å²) in [5.41, 5.74) is 18.7. The van der Waals surface area contributed by atoms with Crippen LogP contribution in [0.2, 0.25) is 0 Å². The summed E-state index contributed by atoms with van der Waals surface area (Å²) in [6.07, 6.45) is 3.76. The molecule has 0 fully saturated rings. The molecule has 1 heterocycles. The van der Waals surface area contributed by atoms with Gasteiger partial charge in [0.25, 0.3) is 0 Å². The van der Waals surface area contributed by atoms with Gasteiger partial charge in [-0.05, 0) is 125 Å². The van der Waals surface area contributed by atoms with Gasteiger partial charge < -0.3 is 4.90 Å². The molecule has 2 aliphatic carbocycles. The molecule has 0 N–H and O–H groups in total. The van der Waals surface area contributed by atoms with Crippen LogP contribution in [-0.4, -0.2) is 4.98 Å². The molecule has 0 aliphatic heterocycles. The second-order valence-electron chi connectivity index (χ2n) is 13.5. The van der Waals surface area contributed by atoms with Crippen LogP contribution < -0.4 is 4.90 Å². The molecule has 0 radical (unpaired) electrons. The first-order valence-electron chi connectivity index (χ1n) is 17.5. The van der Waals surface area contributed by atoms with Gasteiger partial charge in [-0.15, -0.1) is 0 Å². The molecule has 0 bridgehead atoms. The molecule has 0 unspecified atom stereocenters.